The Morgan fingerprint density at radius 3 is 2.50 bits per heavy atom. The van der Waals surface area contributed by atoms with Crippen molar-refractivity contribution in [1.82, 2.24) is 9.97 Å². The Labute approximate surface area is 94.1 Å². The fourth-order valence-corrected chi connectivity index (χ4v) is 2.22. The number of hydrogen-bond donors (Lipinski definition) is 1. The molecule has 1 N–H and O–H groups in total. The molecule has 88 valence electrons. The SMILES string of the molecule is OCCN(c1ncc(F)cn1)C1CCCC1. The minimum absolute atomic E-state index is 0.0667. The average molecular weight is 225 g/mol. The van der Waals surface area contributed by atoms with E-state index in [9.17, 15) is 4.39 Å². The molecule has 1 aromatic rings. The van der Waals surface area contributed by atoms with Crippen molar-refractivity contribution in [3.63, 3.8) is 0 Å². The van der Waals surface area contributed by atoms with Crippen LogP contribution in [0.4, 0.5) is 10.3 Å². The summed E-state index contributed by atoms with van der Waals surface area (Å²) >= 11 is 0. The standard InChI is InChI=1S/C11H16FN3O/c12-9-7-13-11(14-8-9)15(5-6-16)10-3-1-2-4-10/h7-8,10,16H,1-6H2. The van der Waals surface area contributed by atoms with Gasteiger partial charge in [-0.05, 0) is 12.8 Å². The summed E-state index contributed by atoms with van der Waals surface area (Å²) in [5, 5.41) is 9.04. The summed E-state index contributed by atoms with van der Waals surface area (Å²) in [5.41, 5.74) is 0. The van der Waals surface area contributed by atoms with Gasteiger partial charge in [-0.1, -0.05) is 12.8 Å². The van der Waals surface area contributed by atoms with Crippen molar-refractivity contribution in [3.05, 3.63) is 18.2 Å². The zero-order valence-electron chi connectivity index (χ0n) is 9.14. The van der Waals surface area contributed by atoms with Crippen LogP contribution >= 0.6 is 0 Å². The van der Waals surface area contributed by atoms with Crippen LogP contribution in [-0.2, 0) is 0 Å². The van der Waals surface area contributed by atoms with Gasteiger partial charge in [0.25, 0.3) is 0 Å². The van der Waals surface area contributed by atoms with Gasteiger partial charge in [-0.25, -0.2) is 14.4 Å². The lowest BCUT2D eigenvalue weighted by atomic mass is 10.2. The Morgan fingerprint density at radius 1 is 1.31 bits per heavy atom. The molecule has 1 aromatic heterocycles. The van der Waals surface area contributed by atoms with Crippen LogP contribution in [0.15, 0.2) is 12.4 Å². The normalized spacial score (nSPS) is 16.6. The molecule has 0 amide bonds. The van der Waals surface area contributed by atoms with Crippen molar-refractivity contribution < 1.29 is 9.50 Å². The third-order valence-corrected chi connectivity index (χ3v) is 2.97. The van der Waals surface area contributed by atoms with Gasteiger partial charge in [0.05, 0.1) is 19.0 Å². The zero-order chi connectivity index (χ0) is 11.4. The second kappa shape index (κ2) is 5.21. The minimum Gasteiger partial charge on any atom is -0.395 e. The van der Waals surface area contributed by atoms with Gasteiger partial charge in [0, 0.05) is 12.6 Å². The smallest absolute Gasteiger partial charge is 0.225 e. The van der Waals surface area contributed by atoms with E-state index in [2.05, 4.69) is 9.97 Å². The predicted molar refractivity (Wildman–Crippen MR) is 58.7 cm³/mol. The van der Waals surface area contributed by atoms with Gasteiger partial charge in [-0.15, -0.1) is 0 Å². The number of hydrogen-bond acceptors (Lipinski definition) is 4. The largest absolute Gasteiger partial charge is 0.395 e. The molecule has 0 aromatic carbocycles. The number of aliphatic hydroxyl groups is 1. The maximum absolute atomic E-state index is 12.7. The Bertz CT molecular complexity index is 325. The highest BCUT2D eigenvalue weighted by Crippen LogP contribution is 2.25. The number of rotatable bonds is 4. The van der Waals surface area contributed by atoms with Crippen molar-refractivity contribution in [1.29, 1.82) is 0 Å². The predicted octanol–water partition coefficient (Wildman–Crippen LogP) is 1.36. The van der Waals surface area contributed by atoms with Crippen LogP contribution in [0.5, 0.6) is 0 Å². The molecule has 0 unspecified atom stereocenters. The molecule has 5 heteroatoms. The average Bonchev–Trinajstić information content (AvgIpc) is 2.81. The third kappa shape index (κ3) is 2.47. The molecule has 2 rings (SSSR count). The molecule has 1 heterocycles. The second-order valence-electron chi connectivity index (χ2n) is 4.06. The summed E-state index contributed by atoms with van der Waals surface area (Å²) in [6, 6.07) is 0.387. The summed E-state index contributed by atoms with van der Waals surface area (Å²) in [6.07, 6.45) is 6.94. The number of nitrogens with zero attached hydrogens (tertiary/aromatic N) is 3. The van der Waals surface area contributed by atoms with Crippen LogP contribution < -0.4 is 4.90 Å². The highest BCUT2D eigenvalue weighted by Gasteiger charge is 2.24. The van der Waals surface area contributed by atoms with Crippen LogP contribution in [0.3, 0.4) is 0 Å². The van der Waals surface area contributed by atoms with Gasteiger partial charge in [0.1, 0.15) is 0 Å². The summed E-state index contributed by atoms with van der Waals surface area (Å²) in [6.45, 7) is 0.577. The van der Waals surface area contributed by atoms with Crippen molar-refractivity contribution in [2.24, 2.45) is 0 Å². The zero-order valence-corrected chi connectivity index (χ0v) is 9.14. The number of aliphatic hydroxyl groups excluding tert-OH is 1. The molecule has 0 saturated heterocycles. The maximum atomic E-state index is 12.7. The quantitative estimate of drug-likeness (QED) is 0.840. The van der Waals surface area contributed by atoms with Crippen LogP contribution in [0.1, 0.15) is 25.7 Å². The van der Waals surface area contributed by atoms with Crippen molar-refractivity contribution in [3.8, 4) is 0 Å². The van der Waals surface area contributed by atoms with Gasteiger partial charge < -0.3 is 10.0 Å². The highest BCUT2D eigenvalue weighted by molar-refractivity contribution is 5.31. The fourth-order valence-electron chi connectivity index (χ4n) is 2.22. The first-order valence-electron chi connectivity index (χ1n) is 5.66. The lowest BCUT2D eigenvalue weighted by Crippen LogP contribution is -2.37. The molecular weight excluding hydrogens is 209 g/mol. The third-order valence-electron chi connectivity index (χ3n) is 2.97. The Hall–Kier alpha value is -1.23. The van der Waals surface area contributed by atoms with E-state index in [0.29, 0.717) is 18.5 Å². The molecule has 0 atom stereocenters. The van der Waals surface area contributed by atoms with E-state index in [1.165, 1.54) is 25.2 Å². The first-order chi connectivity index (χ1) is 7.81. The molecule has 0 bridgehead atoms. The van der Waals surface area contributed by atoms with Crippen molar-refractivity contribution in [2.45, 2.75) is 31.7 Å². The number of anilines is 1. The molecule has 1 aliphatic rings. The molecule has 1 saturated carbocycles. The van der Waals surface area contributed by atoms with Crippen LogP contribution in [0.25, 0.3) is 0 Å². The van der Waals surface area contributed by atoms with Crippen LogP contribution in [0, 0.1) is 5.82 Å². The van der Waals surface area contributed by atoms with E-state index in [4.69, 9.17) is 5.11 Å². The van der Waals surface area contributed by atoms with E-state index >= 15 is 0 Å². The molecule has 0 spiro atoms. The lowest BCUT2D eigenvalue weighted by molar-refractivity contribution is 0.296. The molecule has 0 aliphatic heterocycles. The first kappa shape index (κ1) is 11.3. The second-order valence-corrected chi connectivity index (χ2v) is 4.06. The monoisotopic (exact) mass is 225 g/mol. The van der Waals surface area contributed by atoms with Gasteiger partial charge >= 0.3 is 0 Å². The van der Waals surface area contributed by atoms with Gasteiger partial charge in [0.15, 0.2) is 5.82 Å². The van der Waals surface area contributed by atoms with Gasteiger partial charge in [-0.3, -0.25) is 0 Å². The van der Waals surface area contributed by atoms with Crippen LogP contribution in [-0.4, -0.2) is 34.3 Å². The van der Waals surface area contributed by atoms with Crippen molar-refractivity contribution in [2.75, 3.05) is 18.1 Å². The molecule has 1 fully saturated rings. The summed E-state index contributed by atoms with van der Waals surface area (Å²) in [4.78, 5) is 9.92. The van der Waals surface area contributed by atoms with E-state index in [1.54, 1.807) is 0 Å². The summed E-state index contributed by atoms with van der Waals surface area (Å²) in [7, 11) is 0. The Kier molecular flexibility index (Phi) is 3.66. The van der Waals surface area contributed by atoms with Crippen LogP contribution in [0.2, 0.25) is 0 Å². The lowest BCUT2D eigenvalue weighted by Gasteiger charge is -2.27. The summed E-state index contributed by atoms with van der Waals surface area (Å²) < 4.78 is 12.7. The van der Waals surface area contributed by atoms with E-state index in [0.717, 1.165) is 12.8 Å². The van der Waals surface area contributed by atoms with E-state index in [1.807, 2.05) is 4.90 Å². The Morgan fingerprint density at radius 2 is 1.94 bits per heavy atom. The molecular formula is C11H16FN3O. The first-order valence-corrected chi connectivity index (χ1v) is 5.66. The maximum Gasteiger partial charge on any atom is 0.225 e. The highest BCUT2D eigenvalue weighted by atomic mass is 19.1. The van der Waals surface area contributed by atoms with E-state index < -0.39 is 5.82 Å². The van der Waals surface area contributed by atoms with E-state index in [-0.39, 0.29) is 6.61 Å². The molecule has 0 radical (unpaired) electrons. The summed E-state index contributed by atoms with van der Waals surface area (Å²) in [5.74, 6) is 0.0847. The van der Waals surface area contributed by atoms with Crippen molar-refractivity contribution >= 4 is 5.95 Å². The minimum atomic E-state index is -0.431. The molecule has 4 nitrogen and oxygen atoms in total. The fraction of sp³-hybridized carbons (Fsp3) is 0.636. The number of aromatic nitrogens is 2. The topological polar surface area (TPSA) is 49.2 Å². The Balaban J connectivity index is 2.14. The molecule has 1 aliphatic carbocycles. The molecule has 16 heavy (non-hydrogen) atoms. The number of halogens is 1. The van der Waals surface area contributed by atoms with Gasteiger partial charge in [0.2, 0.25) is 5.95 Å². The van der Waals surface area contributed by atoms with Gasteiger partial charge in [-0.2, -0.15) is 0 Å².